The first-order valence-electron chi connectivity index (χ1n) is 8.83. The van der Waals surface area contributed by atoms with Gasteiger partial charge in [-0.05, 0) is 46.1 Å². The molecule has 1 amide bonds. The lowest BCUT2D eigenvalue weighted by Crippen LogP contribution is -2.58. The minimum atomic E-state index is -0.467. The summed E-state index contributed by atoms with van der Waals surface area (Å²) >= 11 is 0. The monoisotopic (exact) mass is 343 g/mol. The molecule has 7 nitrogen and oxygen atoms in total. The van der Waals surface area contributed by atoms with Crippen molar-refractivity contribution in [3.05, 3.63) is 18.1 Å². The van der Waals surface area contributed by atoms with Crippen molar-refractivity contribution in [3.8, 4) is 0 Å². The number of nitrogens with zero attached hydrogens (tertiary/aromatic N) is 4. The molecule has 0 aromatic carbocycles. The Morgan fingerprint density at radius 1 is 1.28 bits per heavy atom. The second-order valence-corrected chi connectivity index (χ2v) is 8.17. The quantitative estimate of drug-likeness (QED) is 0.862. The fourth-order valence-electron chi connectivity index (χ4n) is 3.67. The van der Waals surface area contributed by atoms with Crippen LogP contribution in [0.5, 0.6) is 0 Å². The van der Waals surface area contributed by atoms with Gasteiger partial charge >= 0.3 is 6.09 Å². The maximum Gasteiger partial charge on any atom is 0.410 e. The number of nitrogens with one attached hydrogen (secondary N) is 1. The van der Waals surface area contributed by atoms with Gasteiger partial charge in [0.2, 0.25) is 0 Å². The van der Waals surface area contributed by atoms with Gasteiger partial charge in [-0.2, -0.15) is 0 Å². The van der Waals surface area contributed by atoms with Gasteiger partial charge in [0.25, 0.3) is 0 Å². The van der Waals surface area contributed by atoms with Gasteiger partial charge in [0.05, 0.1) is 10.9 Å². The molecule has 3 heterocycles. The molecule has 1 saturated heterocycles. The zero-order valence-corrected chi connectivity index (χ0v) is 15.3. The summed E-state index contributed by atoms with van der Waals surface area (Å²) in [6.45, 7) is 9.99. The second kappa shape index (κ2) is 5.34. The van der Waals surface area contributed by atoms with Crippen molar-refractivity contribution in [2.45, 2.75) is 51.7 Å². The van der Waals surface area contributed by atoms with Crippen molar-refractivity contribution in [1.29, 1.82) is 0 Å². The number of ether oxygens (including phenoxy) is 1. The third kappa shape index (κ3) is 2.81. The zero-order valence-electron chi connectivity index (χ0n) is 15.3. The highest BCUT2D eigenvalue weighted by molar-refractivity contribution is 5.90. The topological polar surface area (TPSA) is 74.4 Å². The molecule has 7 heteroatoms. The number of aryl methyl sites for hydroxylation is 1. The van der Waals surface area contributed by atoms with E-state index in [9.17, 15) is 4.79 Å². The summed E-state index contributed by atoms with van der Waals surface area (Å²) in [5.74, 6) is 0.957. The fourth-order valence-corrected chi connectivity index (χ4v) is 3.67. The van der Waals surface area contributed by atoms with Crippen LogP contribution in [0.4, 0.5) is 10.6 Å². The average molecular weight is 343 g/mol. The van der Waals surface area contributed by atoms with Gasteiger partial charge in [-0.3, -0.25) is 4.90 Å². The van der Waals surface area contributed by atoms with E-state index < -0.39 is 5.60 Å². The largest absolute Gasteiger partial charge is 0.444 e. The lowest BCUT2D eigenvalue weighted by Gasteiger charge is -2.43. The van der Waals surface area contributed by atoms with Crippen LogP contribution in [-0.2, 0) is 4.74 Å². The molecule has 2 aromatic heterocycles. The molecular weight excluding hydrogens is 318 g/mol. The average Bonchev–Trinajstić information content (AvgIpc) is 3.18. The third-order valence-electron chi connectivity index (χ3n) is 5.04. The van der Waals surface area contributed by atoms with Crippen molar-refractivity contribution in [2.75, 3.05) is 24.5 Å². The number of fused-ring (bicyclic) bond motifs is 1. The van der Waals surface area contributed by atoms with Crippen molar-refractivity contribution >= 4 is 22.9 Å². The van der Waals surface area contributed by atoms with Crippen molar-refractivity contribution in [2.24, 2.45) is 0 Å². The van der Waals surface area contributed by atoms with E-state index in [0.29, 0.717) is 6.54 Å². The van der Waals surface area contributed by atoms with Crippen LogP contribution in [-0.4, -0.2) is 56.7 Å². The number of carbonyl (C=O) groups is 1. The highest BCUT2D eigenvalue weighted by atomic mass is 16.6. The number of amides is 1. The summed E-state index contributed by atoms with van der Waals surface area (Å²) in [6.07, 6.45) is 5.40. The van der Waals surface area contributed by atoms with Gasteiger partial charge in [0, 0.05) is 25.8 Å². The second-order valence-electron chi connectivity index (χ2n) is 8.17. The van der Waals surface area contributed by atoms with Crippen molar-refractivity contribution in [1.82, 2.24) is 19.9 Å². The molecule has 0 unspecified atom stereocenters. The Balaban J connectivity index is 1.59. The summed E-state index contributed by atoms with van der Waals surface area (Å²) in [7, 11) is 0. The van der Waals surface area contributed by atoms with Crippen LogP contribution in [0, 0.1) is 6.92 Å². The highest BCUT2D eigenvalue weighted by Crippen LogP contribution is 2.46. The molecule has 0 radical (unpaired) electrons. The Morgan fingerprint density at radius 2 is 2.04 bits per heavy atom. The number of anilines is 1. The van der Waals surface area contributed by atoms with Gasteiger partial charge in [-0.1, -0.05) is 0 Å². The Labute approximate surface area is 147 Å². The van der Waals surface area contributed by atoms with Gasteiger partial charge in [0.15, 0.2) is 0 Å². The normalized spacial score (nSPS) is 19.5. The lowest BCUT2D eigenvalue weighted by atomic mass is 10.1. The van der Waals surface area contributed by atoms with Crippen LogP contribution in [0.2, 0.25) is 0 Å². The number of aromatic nitrogens is 3. The molecule has 0 bridgehead atoms. The third-order valence-corrected chi connectivity index (χ3v) is 5.04. The van der Waals surface area contributed by atoms with Crippen LogP contribution in [0.1, 0.15) is 39.2 Å². The van der Waals surface area contributed by atoms with E-state index in [1.54, 1.807) is 6.33 Å². The van der Waals surface area contributed by atoms with Crippen molar-refractivity contribution < 1.29 is 9.53 Å². The summed E-state index contributed by atoms with van der Waals surface area (Å²) in [5.41, 5.74) is 1.43. The van der Waals surface area contributed by atoms with Gasteiger partial charge in [-0.15, -0.1) is 0 Å². The molecular formula is C18H25N5O2. The number of piperazine rings is 1. The summed E-state index contributed by atoms with van der Waals surface area (Å²) in [6, 6.07) is 0. The first-order valence-corrected chi connectivity index (χ1v) is 8.83. The van der Waals surface area contributed by atoms with E-state index in [1.165, 1.54) is 0 Å². The van der Waals surface area contributed by atoms with Crippen LogP contribution in [0.3, 0.4) is 0 Å². The van der Waals surface area contributed by atoms with E-state index in [2.05, 4.69) is 26.8 Å². The Morgan fingerprint density at radius 3 is 2.72 bits per heavy atom. The standard InChI is InChI=1S/C18H25N5O2/c1-12-9-19-14-13(12)15(21-11-20-14)22-7-8-23(18(10-22)5-6-18)16(24)25-17(2,3)4/h9,11H,5-8,10H2,1-4H3,(H,19,20,21). The van der Waals surface area contributed by atoms with Crippen molar-refractivity contribution in [3.63, 3.8) is 0 Å². The predicted molar refractivity (Wildman–Crippen MR) is 95.7 cm³/mol. The summed E-state index contributed by atoms with van der Waals surface area (Å²) in [5, 5.41) is 1.07. The first kappa shape index (κ1) is 16.2. The van der Waals surface area contributed by atoms with Gasteiger partial charge in [0.1, 0.15) is 23.4 Å². The lowest BCUT2D eigenvalue weighted by molar-refractivity contribution is 0.0106. The molecule has 1 saturated carbocycles. The smallest absolute Gasteiger partial charge is 0.410 e. The van der Waals surface area contributed by atoms with E-state index in [-0.39, 0.29) is 11.6 Å². The molecule has 1 aliphatic carbocycles. The maximum absolute atomic E-state index is 12.6. The Hall–Kier alpha value is -2.31. The number of carbonyl (C=O) groups excluding carboxylic acids is 1. The minimum Gasteiger partial charge on any atom is -0.444 e. The SMILES string of the molecule is Cc1c[nH]c2ncnc(N3CCN(C(=O)OC(C)(C)C)C4(CC4)C3)c12. The Kier molecular flexibility index (Phi) is 3.46. The molecule has 2 fully saturated rings. The molecule has 2 aliphatic rings. The van der Waals surface area contributed by atoms with Gasteiger partial charge in [-0.25, -0.2) is 14.8 Å². The van der Waals surface area contributed by atoms with Crippen LogP contribution >= 0.6 is 0 Å². The van der Waals surface area contributed by atoms with E-state index >= 15 is 0 Å². The molecule has 0 atom stereocenters. The molecule has 134 valence electrons. The maximum atomic E-state index is 12.6. The molecule has 1 aliphatic heterocycles. The summed E-state index contributed by atoms with van der Waals surface area (Å²) in [4.78, 5) is 28.9. The summed E-state index contributed by atoms with van der Waals surface area (Å²) < 4.78 is 5.61. The molecule has 1 spiro atoms. The fraction of sp³-hybridized carbons (Fsp3) is 0.611. The van der Waals surface area contributed by atoms with Gasteiger partial charge < -0.3 is 14.6 Å². The highest BCUT2D eigenvalue weighted by Gasteiger charge is 2.54. The Bertz CT molecular complexity index is 818. The first-order chi connectivity index (χ1) is 11.8. The molecule has 25 heavy (non-hydrogen) atoms. The van der Waals surface area contributed by atoms with Crippen LogP contribution in [0.15, 0.2) is 12.5 Å². The van der Waals surface area contributed by atoms with E-state index in [1.807, 2.05) is 31.9 Å². The number of rotatable bonds is 1. The predicted octanol–water partition coefficient (Wildman–Crippen LogP) is 2.86. The van der Waals surface area contributed by atoms with E-state index in [0.717, 1.165) is 48.3 Å². The molecule has 4 rings (SSSR count). The zero-order chi connectivity index (χ0) is 17.8. The number of hydrogen-bond donors (Lipinski definition) is 1. The van der Waals surface area contributed by atoms with Crippen LogP contribution in [0.25, 0.3) is 11.0 Å². The minimum absolute atomic E-state index is 0.109. The van der Waals surface area contributed by atoms with Crippen LogP contribution < -0.4 is 4.90 Å². The number of hydrogen-bond acceptors (Lipinski definition) is 5. The number of H-pyrrole nitrogens is 1. The van der Waals surface area contributed by atoms with E-state index in [4.69, 9.17) is 4.74 Å². The molecule has 1 N–H and O–H groups in total. The number of aromatic amines is 1. The molecule has 2 aromatic rings.